The summed E-state index contributed by atoms with van der Waals surface area (Å²) >= 11 is -2.78. The average molecular weight is 443 g/mol. The molecule has 0 heterocycles. The van der Waals surface area contributed by atoms with Gasteiger partial charge >= 0.3 is 156 Å². The number of non-ortho nitro benzene ring substituents is 1. The maximum atomic E-state index is 12.4. The molecular weight excluding hydrogens is 425 g/mol. The van der Waals surface area contributed by atoms with Gasteiger partial charge in [0.05, 0.1) is 0 Å². The van der Waals surface area contributed by atoms with E-state index in [9.17, 15) is 30.2 Å². The number of phenolic OH excluding ortho intramolecular Hbond substituents is 1. The molecule has 0 saturated heterocycles. The van der Waals surface area contributed by atoms with Gasteiger partial charge in [0, 0.05) is 0 Å². The summed E-state index contributed by atoms with van der Waals surface area (Å²) in [5.74, 6) is 2.59. The maximum absolute atomic E-state index is 12.4. The molecule has 11 heteroatoms. The molecule has 0 aliphatic carbocycles. The zero-order chi connectivity index (χ0) is 20.2. The van der Waals surface area contributed by atoms with E-state index in [2.05, 4.69) is 0 Å². The van der Waals surface area contributed by atoms with E-state index in [1.165, 1.54) is 0 Å². The van der Waals surface area contributed by atoms with Gasteiger partial charge in [0.15, 0.2) is 0 Å². The molecule has 0 aliphatic heterocycles. The van der Waals surface area contributed by atoms with E-state index in [0.29, 0.717) is 17.8 Å². The summed E-state index contributed by atoms with van der Waals surface area (Å²) in [6.07, 6.45) is 0.669. The van der Waals surface area contributed by atoms with E-state index in [-0.39, 0.29) is 4.92 Å². The second kappa shape index (κ2) is 8.11. The minimum absolute atomic E-state index is 0.0552. The van der Waals surface area contributed by atoms with Gasteiger partial charge in [0.1, 0.15) is 0 Å². The van der Waals surface area contributed by atoms with Crippen molar-refractivity contribution in [3.8, 4) is 5.75 Å². The van der Waals surface area contributed by atoms with E-state index >= 15 is 0 Å². The number of hydrogen-bond donors (Lipinski definition) is 1. The molecule has 0 saturated carbocycles. The van der Waals surface area contributed by atoms with Crippen LogP contribution in [-0.2, 0) is 10.3 Å². The number of phenols is 1. The molecule has 1 N–H and O–H groups in total. The van der Waals surface area contributed by atoms with Gasteiger partial charge in [0.25, 0.3) is 0 Å². The standard InChI is InChI=1S/C16H17N3O7Se/c1-27(2,9-8-12-6-4-3-5-7-12)26-19(25)15-11-13(17(21)22)10-14(16(15)20)18(23)24/h3-7,10-11H,8-9H2,1-2H3/p+1. The Morgan fingerprint density at radius 2 is 1.59 bits per heavy atom. The van der Waals surface area contributed by atoms with Gasteiger partial charge in [-0.1, -0.05) is 0 Å². The van der Waals surface area contributed by atoms with E-state index in [4.69, 9.17) is 3.92 Å². The molecule has 0 fully saturated rings. The minimum atomic E-state index is -2.78. The SMILES string of the molecule is C[Se](C)(CCc1ccccc1)O[N+](=O)c1cc([N+](=O)[O-])cc([N+](=O)[O-])c1O. The van der Waals surface area contributed by atoms with E-state index in [1.807, 2.05) is 30.3 Å². The van der Waals surface area contributed by atoms with Crippen LogP contribution < -0.4 is 0 Å². The number of benzene rings is 2. The van der Waals surface area contributed by atoms with Crippen LogP contribution in [0.2, 0.25) is 17.0 Å². The van der Waals surface area contributed by atoms with Crippen LogP contribution in [0.25, 0.3) is 0 Å². The van der Waals surface area contributed by atoms with Gasteiger partial charge in [-0.15, -0.1) is 0 Å². The van der Waals surface area contributed by atoms with Crippen molar-refractivity contribution in [3.63, 3.8) is 0 Å². The third-order valence-electron chi connectivity index (χ3n) is 3.65. The third-order valence-corrected chi connectivity index (χ3v) is 7.28. The van der Waals surface area contributed by atoms with Crippen LogP contribution in [-0.4, -0.2) is 33.1 Å². The topological polar surface area (TPSA) is 136 Å². The van der Waals surface area contributed by atoms with Gasteiger partial charge in [-0.05, 0) is 0 Å². The van der Waals surface area contributed by atoms with Crippen LogP contribution in [0.3, 0.4) is 0 Å². The van der Waals surface area contributed by atoms with Crippen LogP contribution in [0.5, 0.6) is 5.75 Å². The molecule has 2 aromatic carbocycles. The summed E-state index contributed by atoms with van der Waals surface area (Å²) in [5.41, 5.74) is -1.22. The Balaban J connectivity index is 2.23. The first kappa shape index (κ1) is 20.3. The number of aryl methyl sites for hydroxylation is 1. The molecule has 0 amide bonds. The third kappa shape index (κ3) is 5.22. The molecule has 2 rings (SSSR count). The summed E-state index contributed by atoms with van der Waals surface area (Å²) in [7, 11) is 0. The van der Waals surface area contributed by atoms with Crippen molar-refractivity contribution in [1.29, 1.82) is 0 Å². The van der Waals surface area contributed by atoms with Gasteiger partial charge in [0.2, 0.25) is 0 Å². The van der Waals surface area contributed by atoms with E-state index in [0.717, 1.165) is 11.6 Å². The predicted molar refractivity (Wildman–Crippen MR) is 98.2 cm³/mol. The van der Waals surface area contributed by atoms with Gasteiger partial charge in [-0.25, -0.2) is 0 Å². The van der Waals surface area contributed by atoms with Crippen LogP contribution >= 0.6 is 0 Å². The molecule has 0 radical (unpaired) electrons. The first-order chi connectivity index (χ1) is 12.6. The number of nitro benzene ring substituents is 2. The summed E-state index contributed by atoms with van der Waals surface area (Å²) < 4.78 is 5.42. The molecule has 0 unspecified atom stereocenters. The van der Waals surface area contributed by atoms with Crippen molar-refractivity contribution >= 4 is 30.2 Å². The van der Waals surface area contributed by atoms with Crippen molar-refractivity contribution < 1.29 is 23.8 Å². The molecule has 0 bridgehead atoms. The zero-order valence-electron chi connectivity index (χ0n) is 14.6. The first-order valence-electron chi connectivity index (χ1n) is 7.68. The van der Waals surface area contributed by atoms with Crippen molar-refractivity contribution in [2.45, 2.75) is 23.4 Å². The first-order valence-corrected chi connectivity index (χ1v) is 13.0. The van der Waals surface area contributed by atoms with Crippen LogP contribution in [0.4, 0.5) is 17.1 Å². The Morgan fingerprint density at radius 3 is 2.15 bits per heavy atom. The summed E-state index contributed by atoms with van der Waals surface area (Å²) in [5, 5.41) is 32.5. The fourth-order valence-electron chi connectivity index (χ4n) is 2.24. The van der Waals surface area contributed by atoms with Crippen molar-refractivity contribution in [2.24, 2.45) is 0 Å². The quantitative estimate of drug-likeness (QED) is 0.370. The van der Waals surface area contributed by atoms with Crippen molar-refractivity contribution in [3.05, 3.63) is 73.2 Å². The molecule has 144 valence electrons. The van der Waals surface area contributed by atoms with Gasteiger partial charge in [-0.3, -0.25) is 0 Å². The number of rotatable bonds is 8. The monoisotopic (exact) mass is 444 g/mol. The molecule has 0 aromatic heterocycles. The van der Waals surface area contributed by atoms with E-state index in [1.54, 1.807) is 11.6 Å². The van der Waals surface area contributed by atoms with Gasteiger partial charge < -0.3 is 0 Å². The fourth-order valence-corrected chi connectivity index (χ4v) is 4.86. The number of nitro groups is 2. The van der Waals surface area contributed by atoms with Crippen LogP contribution in [0.15, 0.2) is 42.5 Å². The number of hydrogen-bond acceptors (Lipinski definition) is 7. The second-order valence-corrected chi connectivity index (χ2v) is 13.3. The van der Waals surface area contributed by atoms with E-state index < -0.39 is 45.8 Å². The Hall–Kier alpha value is -3.04. The normalized spacial score (nSPS) is 11.6. The molecule has 27 heavy (non-hydrogen) atoms. The van der Waals surface area contributed by atoms with Crippen LogP contribution in [0.1, 0.15) is 5.56 Å². The second-order valence-electron chi connectivity index (χ2n) is 6.05. The summed E-state index contributed by atoms with van der Waals surface area (Å²) in [6, 6.07) is 10.9. The zero-order valence-corrected chi connectivity index (χ0v) is 16.3. The Bertz CT molecular complexity index is 887. The molecule has 0 atom stereocenters. The number of nitrogens with zero attached hydrogens (tertiary/aromatic N) is 3. The molecule has 0 aliphatic rings. The average Bonchev–Trinajstić information content (AvgIpc) is 2.60. The van der Waals surface area contributed by atoms with Crippen LogP contribution in [0, 0.1) is 25.1 Å². The molecular formula is C16H18N3O7Se+. The Kier molecular flexibility index (Phi) is 6.09. The van der Waals surface area contributed by atoms with Crippen molar-refractivity contribution in [2.75, 3.05) is 0 Å². The predicted octanol–water partition coefficient (Wildman–Crippen LogP) is 4.00. The Labute approximate surface area is 156 Å². The van der Waals surface area contributed by atoms with Gasteiger partial charge in [-0.2, -0.15) is 0 Å². The molecule has 0 spiro atoms. The number of aromatic hydroxyl groups is 1. The fraction of sp³-hybridized carbons (Fsp3) is 0.250. The molecule has 2 aromatic rings. The Morgan fingerprint density at radius 1 is 1.00 bits per heavy atom. The summed E-state index contributed by atoms with van der Waals surface area (Å²) in [4.78, 5) is 32.4. The van der Waals surface area contributed by atoms with Crippen molar-refractivity contribution in [1.82, 2.24) is 0 Å². The molecule has 10 nitrogen and oxygen atoms in total. The summed E-state index contributed by atoms with van der Waals surface area (Å²) in [6.45, 7) is 0.